The van der Waals surface area contributed by atoms with Crippen LogP contribution in [0.5, 0.6) is 0 Å². The number of nitrogens with one attached hydrogen (secondary N) is 1. The van der Waals surface area contributed by atoms with Gasteiger partial charge in [0.1, 0.15) is 6.61 Å². The SMILES string of the molecule is Nc1ccc(NC(=O)COCCC(F)(F)F)cc1. The highest BCUT2D eigenvalue weighted by Crippen LogP contribution is 2.18. The number of halogens is 3. The van der Waals surface area contributed by atoms with E-state index >= 15 is 0 Å². The second kappa shape index (κ2) is 6.25. The van der Waals surface area contributed by atoms with Crippen molar-refractivity contribution in [1.29, 1.82) is 0 Å². The summed E-state index contributed by atoms with van der Waals surface area (Å²) in [5.41, 5.74) is 6.51. The molecule has 0 unspecified atom stereocenters. The van der Waals surface area contributed by atoms with Crippen molar-refractivity contribution in [3.05, 3.63) is 24.3 Å². The molecule has 0 aliphatic heterocycles. The number of anilines is 2. The minimum atomic E-state index is -4.27. The number of nitrogens with two attached hydrogens (primary N) is 1. The first-order valence-corrected chi connectivity index (χ1v) is 5.17. The minimum Gasteiger partial charge on any atom is -0.399 e. The van der Waals surface area contributed by atoms with Crippen molar-refractivity contribution in [1.82, 2.24) is 0 Å². The Morgan fingerprint density at radius 3 is 2.44 bits per heavy atom. The maximum Gasteiger partial charge on any atom is 0.391 e. The van der Waals surface area contributed by atoms with Crippen LogP contribution in [-0.4, -0.2) is 25.3 Å². The van der Waals surface area contributed by atoms with Gasteiger partial charge in [-0.25, -0.2) is 0 Å². The lowest BCUT2D eigenvalue weighted by atomic mass is 10.3. The summed E-state index contributed by atoms with van der Waals surface area (Å²) in [6, 6.07) is 6.37. The fraction of sp³-hybridized carbons (Fsp3) is 0.364. The van der Waals surface area contributed by atoms with Gasteiger partial charge in [-0.05, 0) is 24.3 Å². The average molecular weight is 262 g/mol. The van der Waals surface area contributed by atoms with Crippen LogP contribution in [0.3, 0.4) is 0 Å². The zero-order valence-electron chi connectivity index (χ0n) is 9.46. The van der Waals surface area contributed by atoms with Crippen LogP contribution in [0.2, 0.25) is 0 Å². The third-order valence-electron chi connectivity index (χ3n) is 1.96. The van der Waals surface area contributed by atoms with Crippen LogP contribution in [-0.2, 0) is 9.53 Å². The molecule has 0 radical (unpaired) electrons. The van der Waals surface area contributed by atoms with Crippen LogP contribution in [0.4, 0.5) is 24.5 Å². The molecule has 0 spiro atoms. The molecule has 100 valence electrons. The Labute approximate surface area is 102 Å². The largest absolute Gasteiger partial charge is 0.399 e. The second-order valence-corrected chi connectivity index (χ2v) is 3.59. The molecule has 0 heterocycles. The second-order valence-electron chi connectivity index (χ2n) is 3.59. The molecule has 0 saturated heterocycles. The number of benzene rings is 1. The van der Waals surface area contributed by atoms with E-state index in [4.69, 9.17) is 5.73 Å². The number of amides is 1. The number of rotatable bonds is 5. The van der Waals surface area contributed by atoms with Gasteiger partial charge in [-0.2, -0.15) is 13.2 Å². The molecule has 0 aliphatic carbocycles. The molecule has 1 aromatic carbocycles. The molecule has 0 bridgehead atoms. The smallest absolute Gasteiger partial charge is 0.391 e. The first-order valence-electron chi connectivity index (χ1n) is 5.17. The van der Waals surface area contributed by atoms with E-state index in [2.05, 4.69) is 10.1 Å². The van der Waals surface area contributed by atoms with Crippen LogP contribution in [0.15, 0.2) is 24.3 Å². The van der Waals surface area contributed by atoms with E-state index in [1.165, 1.54) is 0 Å². The number of carbonyl (C=O) groups excluding carboxylic acids is 1. The predicted octanol–water partition coefficient (Wildman–Crippen LogP) is 2.18. The Morgan fingerprint density at radius 2 is 1.89 bits per heavy atom. The maximum atomic E-state index is 11.8. The maximum absolute atomic E-state index is 11.8. The Kier molecular flexibility index (Phi) is 4.96. The van der Waals surface area contributed by atoms with E-state index in [9.17, 15) is 18.0 Å². The van der Waals surface area contributed by atoms with Crippen LogP contribution < -0.4 is 11.1 Å². The highest BCUT2D eigenvalue weighted by molar-refractivity contribution is 5.91. The van der Waals surface area contributed by atoms with Crippen molar-refractivity contribution in [2.45, 2.75) is 12.6 Å². The van der Waals surface area contributed by atoms with Crippen molar-refractivity contribution >= 4 is 17.3 Å². The molecular formula is C11H13F3N2O2. The summed E-state index contributed by atoms with van der Waals surface area (Å²) in [6.07, 6.45) is -5.34. The molecule has 0 fully saturated rings. The standard InChI is InChI=1S/C11H13F3N2O2/c12-11(13,14)5-6-18-7-10(17)16-9-3-1-8(15)2-4-9/h1-4H,5-7,15H2,(H,16,17). The van der Waals surface area contributed by atoms with Gasteiger partial charge >= 0.3 is 6.18 Å². The summed E-state index contributed by atoms with van der Waals surface area (Å²) in [5.74, 6) is -0.512. The van der Waals surface area contributed by atoms with Crippen LogP contribution in [0.1, 0.15) is 6.42 Å². The molecule has 0 aromatic heterocycles. The Bertz CT molecular complexity index is 390. The monoisotopic (exact) mass is 262 g/mol. The summed E-state index contributed by atoms with van der Waals surface area (Å²) in [6.45, 7) is -0.945. The summed E-state index contributed by atoms with van der Waals surface area (Å²) in [5, 5.41) is 2.47. The van der Waals surface area contributed by atoms with Crippen molar-refractivity contribution in [3.63, 3.8) is 0 Å². The summed E-state index contributed by atoms with van der Waals surface area (Å²) < 4.78 is 39.9. The molecule has 0 saturated carbocycles. The first-order chi connectivity index (χ1) is 8.37. The molecule has 0 aliphatic rings. The predicted molar refractivity (Wildman–Crippen MR) is 61.0 cm³/mol. The van der Waals surface area contributed by atoms with Gasteiger partial charge < -0.3 is 15.8 Å². The fourth-order valence-electron chi connectivity index (χ4n) is 1.12. The van der Waals surface area contributed by atoms with Gasteiger partial charge in [0.2, 0.25) is 5.91 Å². The third kappa shape index (κ3) is 6.09. The van der Waals surface area contributed by atoms with Crippen LogP contribution in [0, 0.1) is 0 Å². The normalized spacial score (nSPS) is 11.3. The highest BCUT2D eigenvalue weighted by Gasteiger charge is 2.26. The van der Waals surface area contributed by atoms with Crippen molar-refractivity contribution in [3.8, 4) is 0 Å². The van der Waals surface area contributed by atoms with Gasteiger partial charge in [0.05, 0.1) is 13.0 Å². The van der Waals surface area contributed by atoms with E-state index < -0.39 is 31.7 Å². The number of nitrogen functional groups attached to an aromatic ring is 1. The fourth-order valence-corrected chi connectivity index (χ4v) is 1.12. The third-order valence-corrected chi connectivity index (χ3v) is 1.96. The van der Waals surface area contributed by atoms with Crippen LogP contribution in [0.25, 0.3) is 0 Å². The number of ether oxygens (including phenoxy) is 1. The van der Waals surface area contributed by atoms with Gasteiger partial charge in [-0.15, -0.1) is 0 Å². The number of hydrogen-bond acceptors (Lipinski definition) is 3. The number of carbonyl (C=O) groups is 1. The van der Waals surface area contributed by atoms with Gasteiger partial charge in [0, 0.05) is 11.4 Å². The van der Waals surface area contributed by atoms with Crippen LogP contribution >= 0.6 is 0 Å². The van der Waals surface area contributed by atoms with Gasteiger partial charge in [-0.3, -0.25) is 4.79 Å². The number of alkyl halides is 3. The lowest BCUT2D eigenvalue weighted by Gasteiger charge is -2.08. The molecule has 7 heteroatoms. The van der Waals surface area contributed by atoms with Gasteiger partial charge in [-0.1, -0.05) is 0 Å². The van der Waals surface area contributed by atoms with E-state index in [0.717, 1.165) is 0 Å². The minimum absolute atomic E-state index is 0.416. The zero-order chi connectivity index (χ0) is 13.6. The summed E-state index contributed by atoms with van der Waals surface area (Å²) in [7, 11) is 0. The Hall–Kier alpha value is -1.76. The molecule has 1 rings (SSSR count). The zero-order valence-corrected chi connectivity index (χ0v) is 9.46. The average Bonchev–Trinajstić information content (AvgIpc) is 2.26. The quantitative estimate of drug-likeness (QED) is 0.631. The van der Waals surface area contributed by atoms with E-state index in [0.29, 0.717) is 11.4 Å². The van der Waals surface area contributed by atoms with E-state index in [1.807, 2.05) is 0 Å². The molecule has 18 heavy (non-hydrogen) atoms. The number of hydrogen-bond donors (Lipinski definition) is 2. The molecule has 1 aromatic rings. The molecule has 1 amide bonds. The van der Waals surface area contributed by atoms with Crippen molar-refractivity contribution < 1.29 is 22.7 Å². The summed E-state index contributed by atoms with van der Waals surface area (Å²) >= 11 is 0. The topological polar surface area (TPSA) is 64.3 Å². The Morgan fingerprint density at radius 1 is 1.28 bits per heavy atom. The van der Waals surface area contributed by atoms with E-state index in [-0.39, 0.29) is 0 Å². The summed E-state index contributed by atoms with van der Waals surface area (Å²) in [4.78, 5) is 11.3. The van der Waals surface area contributed by atoms with Crippen molar-refractivity contribution in [2.75, 3.05) is 24.3 Å². The molecule has 0 atom stereocenters. The first kappa shape index (κ1) is 14.3. The molecular weight excluding hydrogens is 249 g/mol. The Balaban J connectivity index is 2.24. The van der Waals surface area contributed by atoms with Gasteiger partial charge in [0.15, 0.2) is 0 Å². The molecule has 4 nitrogen and oxygen atoms in total. The lowest BCUT2D eigenvalue weighted by Crippen LogP contribution is -2.20. The lowest BCUT2D eigenvalue weighted by molar-refractivity contribution is -0.147. The van der Waals surface area contributed by atoms with E-state index in [1.54, 1.807) is 24.3 Å². The van der Waals surface area contributed by atoms with Crippen molar-refractivity contribution in [2.24, 2.45) is 0 Å². The molecule has 3 N–H and O–H groups in total. The van der Waals surface area contributed by atoms with Gasteiger partial charge in [0.25, 0.3) is 0 Å². The highest BCUT2D eigenvalue weighted by atomic mass is 19.4.